The lowest BCUT2D eigenvalue weighted by atomic mass is 9.71. The van der Waals surface area contributed by atoms with Crippen LogP contribution in [0.3, 0.4) is 0 Å². The molecule has 13 heteroatoms. The van der Waals surface area contributed by atoms with E-state index >= 15 is 0 Å². The standard InChI is InChI=1S/C51H71NO12/c1-10-29(2)45-32(5)21-22-50(64-45)27-39-25-37(63-50)20-19-31(4)44(30(3)15-14-18-36-28-59-47-43(53)33(6)24-40(48(54)61-39)51(36,47)56)60-38-23-34(7)46(41(26-38)57-8)62-49(55)42(52-58-9)35-16-12-11-13-17-35/h11-19,24,29-30,32,34,37-41,43-47,53,56H,10,20-23,25-28H2,1-9H3/b15-14+,31-19+,36-18+,52-42+/t29?,30-,32-,34+,37+,38+,39-,40-,41-,43+,44-,45+,46-,47+,50+,51+/m0/s1. The van der Waals surface area contributed by atoms with E-state index in [2.05, 4.69) is 45.9 Å². The molecule has 1 spiro atoms. The maximum absolute atomic E-state index is 14.4. The number of esters is 2. The number of hydrogen-bond acceptors (Lipinski definition) is 13. The van der Waals surface area contributed by atoms with Crippen LogP contribution in [0.2, 0.25) is 0 Å². The van der Waals surface area contributed by atoms with Crippen LogP contribution in [-0.4, -0.2) is 115 Å². The topological polar surface area (TPSA) is 161 Å². The maximum atomic E-state index is 14.4. The molecule has 4 heterocycles. The smallest absolute Gasteiger partial charge is 0.361 e. The molecule has 2 N–H and O–H groups in total. The third kappa shape index (κ3) is 10.0. The van der Waals surface area contributed by atoms with Crippen molar-refractivity contribution in [2.45, 2.75) is 166 Å². The van der Waals surface area contributed by atoms with Crippen LogP contribution in [0.15, 0.2) is 82.6 Å². The van der Waals surface area contributed by atoms with Gasteiger partial charge in [-0.3, -0.25) is 4.79 Å². The summed E-state index contributed by atoms with van der Waals surface area (Å²) in [5, 5.41) is 27.8. The molecular formula is C51H71NO12. The number of nitrogens with zero attached hydrogens (tertiary/aromatic N) is 1. The summed E-state index contributed by atoms with van der Waals surface area (Å²) in [6.07, 6.45) is 9.95. The summed E-state index contributed by atoms with van der Waals surface area (Å²) in [5.41, 5.74) is 0.900. The Balaban J connectivity index is 1.18. The number of aliphatic hydroxyl groups excluding tert-OH is 1. The van der Waals surface area contributed by atoms with Gasteiger partial charge < -0.3 is 48.2 Å². The van der Waals surface area contributed by atoms with Crippen LogP contribution < -0.4 is 0 Å². The highest BCUT2D eigenvalue weighted by atomic mass is 16.7. The van der Waals surface area contributed by atoms with Crippen LogP contribution in [0.5, 0.6) is 0 Å². The zero-order chi connectivity index (χ0) is 45.9. The van der Waals surface area contributed by atoms with Gasteiger partial charge in [-0.25, -0.2) is 4.79 Å². The second kappa shape index (κ2) is 20.4. The number of hydrogen-bond donors (Lipinski definition) is 2. The molecule has 2 bridgehead atoms. The summed E-state index contributed by atoms with van der Waals surface area (Å²) in [4.78, 5) is 33.0. The van der Waals surface area contributed by atoms with E-state index in [1.807, 2.05) is 37.3 Å². The molecule has 3 saturated heterocycles. The van der Waals surface area contributed by atoms with E-state index in [0.717, 1.165) is 18.4 Å². The highest BCUT2D eigenvalue weighted by Gasteiger charge is 2.60. The number of carbonyl (C=O) groups excluding carboxylic acids is 2. The lowest BCUT2D eigenvalue weighted by molar-refractivity contribution is -0.340. The molecule has 2 aliphatic carbocycles. The minimum absolute atomic E-state index is 0.00838. The van der Waals surface area contributed by atoms with E-state index in [4.69, 9.17) is 38.0 Å². The van der Waals surface area contributed by atoms with Gasteiger partial charge in [0.25, 0.3) is 0 Å². The molecule has 0 aromatic heterocycles. The van der Waals surface area contributed by atoms with Crippen molar-refractivity contribution in [3.8, 4) is 0 Å². The molecule has 1 aromatic carbocycles. The van der Waals surface area contributed by atoms with Crippen molar-refractivity contribution in [2.75, 3.05) is 20.8 Å². The minimum Gasteiger partial charge on any atom is -0.462 e. The van der Waals surface area contributed by atoms with Crippen molar-refractivity contribution in [1.82, 2.24) is 0 Å². The number of ether oxygens (including phenoxy) is 7. The first-order valence-corrected chi connectivity index (χ1v) is 23.5. The van der Waals surface area contributed by atoms with Crippen molar-refractivity contribution in [2.24, 2.45) is 34.7 Å². The van der Waals surface area contributed by atoms with E-state index in [1.54, 1.807) is 38.3 Å². The lowest BCUT2D eigenvalue weighted by Crippen LogP contribution is -2.58. The summed E-state index contributed by atoms with van der Waals surface area (Å²) in [5.74, 6) is -2.77. The fourth-order valence-electron chi connectivity index (χ4n) is 11.0. The van der Waals surface area contributed by atoms with Gasteiger partial charge in [0.2, 0.25) is 0 Å². The highest BCUT2D eigenvalue weighted by molar-refractivity contribution is 6.43. The number of aliphatic hydroxyl groups is 2. The molecule has 1 aromatic rings. The van der Waals surface area contributed by atoms with Crippen LogP contribution >= 0.6 is 0 Å². The highest BCUT2D eigenvalue weighted by Crippen LogP contribution is 2.48. The van der Waals surface area contributed by atoms with Crippen LogP contribution in [0.4, 0.5) is 0 Å². The van der Waals surface area contributed by atoms with Gasteiger partial charge in [-0.05, 0) is 67.6 Å². The second-order valence-corrected chi connectivity index (χ2v) is 19.4. The van der Waals surface area contributed by atoms with Crippen molar-refractivity contribution < 1.29 is 57.8 Å². The molecule has 4 fully saturated rings. The van der Waals surface area contributed by atoms with Gasteiger partial charge in [-0.15, -0.1) is 0 Å². The Bertz CT molecular complexity index is 1960. The zero-order valence-corrected chi connectivity index (χ0v) is 39.1. The Labute approximate surface area is 379 Å². The number of methoxy groups -OCH3 is 1. The monoisotopic (exact) mass is 889 g/mol. The number of fused-ring (bicyclic) bond motifs is 2. The van der Waals surface area contributed by atoms with Gasteiger partial charge in [0, 0.05) is 44.3 Å². The predicted molar refractivity (Wildman–Crippen MR) is 240 cm³/mol. The largest absolute Gasteiger partial charge is 0.462 e. The summed E-state index contributed by atoms with van der Waals surface area (Å²) < 4.78 is 45.7. The van der Waals surface area contributed by atoms with Crippen LogP contribution in [0.25, 0.3) is 0 Å². The molecule has 1 saturated carbocycles. The predicted octanol–water partition coefficient (Wildman–Crippen LogP) is 7.33. The molecule has 0 amide bonds. The van der Waals surface area contributed by atoms with E-state index < -0.39 is 59.8 Å². The van der Waals surface area contributed by atoms with Crippen molar-refractivity contribution in [3.63, 3.8) is 0 Å². The molecule has 64 heavy (non-hydrogen) atoms. The Hall–Kier alpha value is -3.69. The van der Waals surface area contributed by atoms with Gasteiger partial charge in [0.05, 0.1) is 37.1 Å². The second-order valence-electron chi connectivity index (χ2n) is 19.4. The number of benzene rings is 1. The van der Waals surface area contributed by atoms with E-state index in [1.165, 1.54) is 7.11 Å². The Morgan fingerprint density at radius 2 is 1.78 bits per heavy atom. The molecule has 352 valence electrons. The van der Waals surface area contributed by atoms with Gasteiger partial charge in [-0.1, -0.05) is 107 Å². The fraction of sp³-hybridized carbons (Fsp3) is 0.667. The molecule has 4 aliphatic heterocycles. The molecule has 1 unspecified atom stereocenters. The summed E-state index contributed by atoms with van der Waals surface area (Å²) >= 11 is 0. The van der Waals surface area contributed by atoms with Gasteiger partial charge in [0.1, 0.15) is 43.0 Å². The lowest BCUT2D eigenvalue weighted by Gasteiger charge is -2.51. The minimum atomic E-state index is -1.82. The Morgan fingerprint density at radius 1 is 1.02 bits per heavy atom. The third-order valence-electron chi connectivity index (χ3n) is 14.8. The van der Waals surface area contributed by atoms with Gasteiger partial charge in [0.15, 0.2) is 11.5 Å². The van der Waals surface area contributed by atoms with Crippen LogP contribution in [0, 0.1) is 29.6 Å². The average molecular weight is 890 g/mol. The molecular weight excluding hydrogens is 819 g/mol. The Kier molecular flexibility index (Phi) is 15.4. The van der Waals surface area contributed by atoms with Crippen LogP contribution in [-0.2, 0) is 47.6 Å². The SMILES string of the molecule is CCC(C)[C@H]1O[C@]2(CC[C@@H]1C)C[C@@H]1C[C@@H](C/C=C(\C)[C@@H](O[C@@H]3C[C@@H](C)[C@H](OC(=O)/C(=N/OC)c4ccccc4)[C@@H](OC)C3)[C@@H](C)/C=C/C=C3\CO[C@@H]4[C@H](O)C(C)=C[C@@H](C(=O)O1)[C@]34O)O2. The van der Waals surface area contributed by atoms with Crippen molar-refractivity contribution in [1.29, 1.82) is 0 Å². The molecule has 13 nitrogen and oxygen atoms in total. The van der Waals surface area contributed by atoms with Gasteiger partial charge >= 0.3 is 11.9 Å². The summed E-state index contributed by atoms with van der Waals surface area (Å²) in [7, 11) is 3.02. The zero-order valence-electron chi connectivity index (χ0n) is 39.1. The molecule has 16 atom stereocenters. The number of oxime groups is 1. The number of rotatable bonds is 9. The number of carbonyl (C=O) groups is 2. The van der Waals surface area contributed by atoms with E-state index in [0.29, 0.717) is 67.1 Å². The van der Waals surface area contributed by atoms with Crippen molar-refractivity contribution >= 4 is 17.7 Å². The van der Waals surface area contributed by atoms with Crippen molar-refractivity contribution in [3.05, 3.63) is 83.0 Å². The fourth-order valence-corrected chi connectivity index (χ4v) is 11.0. The number of allylic oxidation sites excluding steroid dienone is 2. The first-order chi connectivity index (χ1) is 30.6. The molecule has 7 rings (SSSR count). The normalized spacial score (nSPS) is 42.2. The van der Waals surface area contributed by atoms with Gasteiger partial charge in [-0.2, -0.15) is 0 Å². The third-order valence-corrected chi connectivity index (χ3v) is 14.8. The van der Waals surface area contributed by atoms with Crippen LogP contribution in [0.1, 0.15) is 105 Å². The van der Waals surface area contributed by atoms with E-state index in [-0.39, 0.29) is 48.6 Å². The first-order valence-electron chi connectivity index (χ1n) is 23.5. The molecule has 0 radical (unpaired) electrons. The molecule has 6 aliphatic rings. The maximum Gasteiger partial charge on any atom is 0.361 e. The summed E-state index contributed by atoms with van der Waals surface area (Å²) in [6, 6.07) is 9.08. The first kappa shape index (κ1) is 48.2. The van der Waals surface area contributed by atoms with E-state index in [9.17, 15) is 19.8 Å². The quantitative estimate of drug-likeness (QED) is 0.110. The Morgan fingerprint density at radius 3 is 2.50 bits per heavy atom. The summed E-state index contributed by atoms with van der Waals surface area (Å²) in [6.45, 7) is 14.6. The average Bonchev–Trinajstić information content (AvgIpc) is 3.62.